The van der Waals surface area contributed by atoms with Gasteiger partial charge < -0.3 is 9.73 Å². The average molecular weight is 397 g/mol. The van der Waals surface area contributed by atoms with E-state index in [-0.39, 0.29) is 17.6 Å². The summed E-state index contributed by atoms with van der Waals surface area (Å²) in [6, 6.07) is 23.7. The zero-order valence-electron chi connectivity index (χ0n) is 16.3. The van der Waals surface area contributed by atoms with Gasteiger partial charge in [-0.25, -0.2) is 5.43 Å². The first-order valence-electron chi connectivity index (χ1n) is 9.39. The molecule has 1 heterocycles. The molecule has 1 aromatic heterocycles. The monoisotopic (exact) mass is 397 g/mol. The van der Waals surface area contributed by atoms with Crippen LogP contribution in [0.5, 0.6) is 0 Å². The summed E-state index contributed by atoms with van der Waals surface area (Å²) in [4.78, 5) is 24.8. The van der Waals surface area contributed by atoms with Gasteiger partial charge in [-0.1, -0.05) is 48.5 Å². The van der Waals surface area contributed by atoms with Crippen molar-refractivity contribution in [3.63, 3.8) is 0 Å². The topological polar surface area (TPSA) is 83.7 Å². The number of hydrazone groups is 1. The van der Waals surface area contributed by atoms with Crippen molar-refractivity contribution in [3.8, 4) is 0 Å². The Labute approximate surface area is 173 Å². The van der Waals surface area contributed by atoms with Crippen LogP contribution in [-0.2, 0) is 0 Å². The molecule has 0 fully saturated rings. The molecule has 2 N–H and O–H groups in total. The van der Waals surface area contributed by atoms with Crippen LogP contribution < -0.4 is 10.7 Å². The summed E-state index contributed by atoms with van der Waals surface area (Å²) in [6.07, 6.45) is 1.45. The maximum atomic E-state index is 12.7. The molecule has 0 unspecified atom stereocenters. The average Bonchev–Trinajstić information content (AvgIpc) is 3.32. The number of anilines is 1. The van der Waals surface area contributed by atoms with E-state index >= 15 is 0 Å². The summed E-state index contributed by atoms with van der Waals surface area (Å²) in [5.74, 6) is -0.391. The minimum Gasteiger partial charge on any atom is -0.459 e. The first kappa shape index (κ1) is 19.1. The maximum absolute atomic E-state index is 12.7. The van der Waals surface area contributed by atoms with E-state index in [2.05, 4.69) is 15.8 Å². The minimum atomic E-state index is -0.337. The summed E-state index contributed by atoms with van der Waals surface area (Å²) >= 11 is 0. The number of rotatable bonds is 5. The minimum absolute atomic E-state index is 0.230. The second-order valence-electron chi connectivity index (χ2n) is 6.68. The standard InChI is InChI=1S/C24H19N3O3/c1-16(18-9-4-10-19(15-18)25-24(29)22-13-6-14-30-22)26-27-23(28)21-12-5-8-17-7-2-3-11-20(17)21/h2-15H,1H3,(H,25,29)(H,27,28)/b26-16+. The third-order valence-electron chi connectivity index (χ3n) is 4.64. The van der Waals surface area contributed by atoms with Crippen molar-refractivity contribution < 1.29 is 14.0 Å². The van der Waals surface area contributed by atoms with Gasteiger partial charge in [0.2, 0.25) is 0 Å². The lowest BCUT2D eigenvalue weighted by Crippen LogP contribution is -2.19. The Kier molecular flexibility index (Phi) is 5.39. The number of benzene rings is 3. The molecule has 0 saturated carbocycles. The van der Waals surface area contributed by atoms with E-state index in [1.54, 1.807) is 43.3 Å². The molecule has 0 aliphatic carbocycles. The van der Waals surface area contributed by atoms with Crippen LogP contribution in [0.2, 0.25) is 0 Å². The van der Waals surface area contributed by atoms with Crippen molar-refractivity contribution >= 4 is 34.0 Å². The molecule has 0 bridgehead atoms. The van der Waals surface area contributed by atoms with Crippen LogP contribution in [0.1, 0.15) is 33.4 Å². The number of carbonyl (C=O) groups is 2. The summed E-state index contributed by atoms with van der Waals surface area (Å²) < 4.78 is 5.10. The largest absolute Gasteiger partial charge is 0.459 e. The number of nitrogens with zero attached hydrogens (tertiary/aromatic N) is 1. The quantitative estimate of drug-likeness (QED) is 0.373. The molecule has 2 amide bonds. The van der Waals surface area contributed by atoms with Crippen molar-refractivity contribution in [2.45, 2.75) is 6.92 Å². The van der Waals surface area contributed by atoms with E-state index in [0.29, 0.717) is 17.0 Å². The smallest absolute Gasteiger partial charge is 0.291 e. The van der Waals surface area contributed by atoms with Gasteiger partial charge in [0.05, 0.1) is 12.0 Å². The molecule has 3 aromatic carbocycles. The van der Waals surface area contributed by atoms with Gasteiger partial charge in [-0.05, 0) is 53.6 Å². The highest BCUT2D eigenvalue weighted by Gasteiger charge is 2.11. The van der Waals surface area contributed by atoms with Gasteiger partial charge in [0.25, 0.3) is 11.8 Å². The van der Waals surface area contributed by atoms with Crippen molar-refractivity contribution in [1.29, 1.82) is 0 Å². The van der Waals surface area contributed by atoms with Gasteiger partial charge in [-0.15, -0.1) is 0 Å². The lowest BCUT2D eigenvalue weighted by molar-refractivity contribution is 0.0955. The van der Waals surface area contributed by atoms with Crippen LogP contribution in [0.25, 0.3) is 10.8 Å². The molecular formula is C24H19N3O3. The number of fused-ring (bicyclic) bond motifs is 1. The van der Waals surface area contributed by atoms with Gasteiger partial charge in [-0.3, -0.25) is 9.59 Å². The van der Waals surface area contributed by atoms with Crippen LogP contribution in [0.15, 0.2) is 94.6 Å². The van der Waals surface area contributed by atoms with Crippen LogP contribution in [0.3, 0.4) is 0 Å². The molecule has 0 aliphatic rings. The third-order valence-corrected chi connectivity index (χ3v) is 4.64. The Morgan fingerprint density at radius 2 is 1.67 bits per heavy atom. The number of amides is 2. The molecule has 0 saturated heterocycles. The summed E-state index contributed by atoms with van der Waals surface area (Å²) in [5, 5.41) is 8.87. The molecule has 6 nitrogen and oxygen atoms in total. The molecule has 6 heteroatoms. The van der Waals surface area contributed by atoms with E-state index in [1.165, 1.54) is 6.26 Å². The second-order valence-corrected chi connectivity index (χ2v) is 6.68. The van der Waals surface area contributed by atoms with Crippen LogP contribution in [-0.4, -0.2) is 17.5 Å². The third kappa shape index (κ3) is 4.12. The molecule has 0 atom stereocenters. The van der Waals surface area contributed by atoms with Crippen molar-refractivity contribution in [3.05, 3.63) is 102 Å². The SMILES string of the molecule is C/C(=N\NC(=O)c1cccc2ccccc12)c1cccc(NC(=O)c2ccco2)c1. The van der Waals surface area contributed by atoms with Gasteiger partial charge >= 0.3 is 0 Å². The molecule has 0 spiro atoms. The Balaban J connectivity index is 1.49. The molecule has 0 aliphatic heterocycles. The maximum Gasteiger partial charge on any atom is 0.291 e. The molecule has 4 aromatic rings. The zero-order chi connectivity index (χ0) is 20.9. The Bertz CT molecular complexity index is 1240. The molecule has 30 heavy (non-hydrogen) atoms. The van der Waals surface area contributed by atoms with E-state index in [9.17, 15) is 9.59 Å². The van der Waals surface area contributed by atoms with E-state index in [4.69, 9.17) is 4.42 Å². The second kappa shape index (κ2) is 8.45. The fraction of sp³-hybridized carbons (Fsp3) is 0.0417. The lowest BCUT2D eigenvalue weighted by atomic mass is 10.0. The summed E-state index contributed by atoms with van der Waals surface area (Å²) in [7, 11) is 0. The number of carbonyl (C=O) groups excluding carboxylic acids is 2. The van der Waals surface area contributed by atoms with Gasteiger partial charge in [0.1, 0.15) is 0 Å². The number of furan rings is 1. The highest BCUT2D eigenvalue weighted by molar-refractivity contribution is 6.08. The van der Waals surface area contributed by atoms with Crippen LogP contribution in [0.4, 0.5) is 5.69 Å². The predicted octanol–water partition coefficient (Wildman–Crippen LogP) is 4.84. The van der Waals surface area contributed by atoms with Crippen LogP contribution >= 0.6 is 0 Å². The van der Waals surface area contributed by atoms with Gasteiger partial charge in [-0.2, -0.15) is 5.10 Å². The number of hydrogen-bond donors (Lipinski definition) is 2. The van der Waals surface area contributed by atoms with E-state index in [1.807, 2.05) is 42.5 Å². The molecular weight excluding hydrogens is 378 g/mol. The van der Waals surface area contributed by atoms with Gasteiger partial charge in [0.15, 0.2) is 5.76 Å². The molecule has 4 rings (SSSR count). The lowest BCUT2D eigenvalue weighted by Gasteiger charge is -2.08. The normalized spacial score (nSPS) is 11.3. The fourth-order valence-electron chi connectivity index (χ4n) is 3.11. The summed E-state index contributed by atoms with van der Waals surface area (Å²) in [5.41, 5.74) is 5.16. The van der Waals surface area contributed by atoms with Gasteiger partial charge in [0, 0.05) is 11.3 Å². The predicted molar refractivity (Wildman–Crippen MR) is 117 cm³/mol. The van der Waals surface area contributed by atoms with Crippen molar-refractivity contribution in [2.75, 3.05) is 5.32 Å². The Morgan fingerprint density at radius 3 is 2.50 bits per heavy atom. The fourth-order valence-corrected chi connectivity index (χ4v) is 3.11. The van der Waals surface area contributed by atoms with E-state index in [0.717, 1.165) is 16.3 Å². The molecule has 0 radical (unpaired) electrons. The Hall–Kier alpha value is -4.19. The summed E-state index contributed by atoms with van der Waals surface area (Å²) in [6.45, 7) is 1.79. The molecule has 148 valence electrons. The zero-order valence-corrected chi connectivity index (χ0v) is 16.3. The van der Waals surface area contributed by atoms with E-state index < -0.39 is 0 Å². The van der Waals surface area contributed by atoms with Crippen molar-refractivity contribution in [1.82, 2.24) is 5.43 Å². The highest BCUT2D eigenvalue weighted by Crippen LogP contribution is 2.18. The number of nitrogens with one attached hydrogen (secondary N) is 2. The first-order chi connectivity index (χ1) is 14.6. The number of hydrogen-bond acceptors (Lipinski definition) is 4. The first-order valence-corrected chi connectivity index (χ1v) is 9.39. The highest BCUT2D eigenvalue weighted by atomic mass is 16.3. The Morgan fingerprint density at radius 1 is 0.867 bits per heavy atom. The van der Waals surface area contributed by atoms with Crippen molar-refractivity contribution in [2.24, 2.45) is 5.10 Å². The van der Waals surface area contributed by atoms with Crippen LogP contribution in [0, 0.1) is 0 Å².